The Morgan fingerprint density at radius 3 is 2.47 bits per heavy atom. The number of amides is 1. The van der Waals surface area contributed by atoms with Crippen LogP contribution in [0, 0.1) is 0 Å². The summed E-state index contributed by atoms with van der Waals surface area (Å²) in [5, 5.41) is 6.33. The monoisotopic (exact) mass is 430 g/mol. The van der Waals surface area contributed by atoms with Crippen LogP contribution in [-0.4, -0.2) is 62.3 Å². The first-order valence-corrected chi connectivity index (χ1v) is 11.8. The maximum atomic E-state index is 12.7. The van der Waals surface area contributed by atoms with Gasteiger partial charge in [0.25, 0.3) is 0 Å². The minimum absolute atomic E-state index is 0.146. The number of nitrogens with one attached hydrogen (secondary N) is 2. The highest BCUT2D eigenvalue weighted by molar-refractivity contribution is 7.89. The van der Waals surface area contributed by atoms with Gasteiger partial charge in [-0.25, -0.2) is 8.42 Å². The van der Waals surface area contributed by atoms with Gasteiger partial charge >= 0.3 is 0 Å². The molecule has 30 heavy (non-hydrogen) atoms. The largest absolute Gasteiger partial charge is 0.381 e. The van der Waals surface area contributed by atoms with Gasteiger partial charge in [-0.05, 0) is 36.8 Å². The van der Waals surface area contributed by atoms with Crippen LogP contribution in [0.25, 0.3) is 0 Å². The first-order valence-electron chi connectivity index (χ1n) is 10.4. The zero-order chi connectivity index (χ0) is 21.6. The van der Waals surface area contributed by atoms with Gasteiger partial charge in [-0.15, -0.1) is 0 Å². The molecular weight excluding hydrogens is 400 g/mol. The molecular formula is C22H30N4O3S. The molecule has 3 rings (SSSR count). The van der Waals surface area contributed by atoms with Crippen LogP contribution >= 0.6 is 0 Å². The minimum atomic E-state index is -3.56. The summed E-state index contributed by atoms with van der Waals surface area (Å²) in [5.41, 5.74) is 1.58. The smallest absolute Gasteiger partial charge is 0.243 e. The molecule has 0 spiro atoms. The molecule has 0 saturated carbocycles. The lowest BCUT2D eigenvalue weighted by Gasteiger charge is -2.19. The fourth-order valence-electron chi connectivity index (χ4n) is 3.71. The number of carbonyl (C=O) groups is 1. The SMILES string of the molecule is CCN(CC)S(=O)(=O)c1cccc(NC(=O)CN2CCC(Nc3ccccc3)C2)c1. The van der Waals surface area contributed by atoms with Crippen LogP contribution in [0.5, 0.6) is 0 Å². The molecule has 1 fully saturated rings. The number of anilines is 2. The lowest BCUT2D eigenvalue weighted by molar-refractivity contribution is -0.117. The molecule has 0 aromatic heterocycles. The summed E-state index contributed by atoms with van der Waals surface area (Å²) in [5.74, 6) is -0.146. The summed E-state index contributed by atoms with van der Waals surface area (Å²) in [6.45, 7) is 6.34. The van der Waals surface area contributed by atoms with Gasteiger partial charge in [0.05, 0.1) is 11.4 Å². The van der Waals surface area contributed by atoms with E-state index < -0.39 is 10.0 Å². The van der Waals surface area contributed by atoms with Gasteiger partial charge in [0.2, 0.25) is 15.9 Å². The zero-order valence-electron chi connectivity index (χ0n) is 17.5. The van der Waals surface area contributed by atoms with Crippen molar-refractivity contribution in [2.45, 2.75) is 31.2 Å². The van der Waals surface area contributed by atoms with E-state index in [1.54, 1.807) is 18.2 Å². The highest BCUT2D eigenvalue weighted by Crippen LogP contribution is 2.20. The molecule has 1 heterocycles. The van der Waals surface area contributed by atoms with Gasteiger partial charge in [0, 0.05) is 43.6 Å². The molecule has 1 aliphatic rings. The fraction of sp³-hybridized carbons (Fsp3) is 0.409. The Balaban J connectivity index is 1.55. The molecule has 1 aliphatic heterocycles. The Kier molecular flexibility index (Phi) is 7.47. The van der Waals surface area contributed by atoms with Crippen LogP contribution in [0.4, 0.5) is 11.4 Å². The van der Waals surface area contributed by atoms with Crippen LogP contribution in [0.15, 0.2) is 59.5 Å². The van der Waals surface area contributed by atoms with E-state index in [4.69, 9.17) is 0 Å². The standard InChI is InChI=1S/C22H30N4O3S/c1-3-26(4-2)30(28,29)21-12-8-11-19(15-21)24-22(27)17-25-14-13-20(16-25)23-18-9-6-5-7-10-18/h5-12,15,20,23H,3-4,13-14,16-17H2,1-2H3,(H,24,27). The average Bonchev–Trinajstić information content (AvgIpc) is 3.16. The molecule has 0 aliphatic carbocycles. The van der Waals surface area contributed by atoms with Crippen molar-refractivity contribution in [3.8, 4) is 0 Å². The van der Waals surface area contributed by atoms with Gasteiger partial charge in [-0.1, -0.05) is 38.1 Å². The molecule has 2 aromatic carbocycles. The van der Waals surface area contributed by atoms with E-state index in [-0.39, 0.29) is 17.3 Å². The normalized spacial score (nSPS) is 17.2. The van der Waals surface area contributed by atoms with Crippen molar-refractivity contribution in [3.63, 3.8) is 0 Å². The van der Waals surface area contributed by atoms with E-state index in [9.17, 15) is 13.2 Å². The van der Waals surface area contributed by atoms with E-state index >= 15 is 0 Å². The molecule has 1 amide bonds. The third-order valence-corrected chi connectivity index (χ3v) is 7.29. The Labute approximate surface area is 179 Å². The molecule has 7 nitrogen and oxygen atoms in total. The number of likely N-dealkylation sites (tertiary alicyclic amines) is 1. The Morgan fingerprint density at radius 2 is 1.77 bits per heavy atom. The quantitative estimate of drug-likeness (QED) is 0.639. The Hall–Kier alpha value is -2.42. The van der Waals surface area contributed by atoms with Crippen molar-refractivity contribution in [3.05, 3.63) is 54.6 Å². The molecule has 0 bridgehead atoms. The predicted octanol–water partition coefficient (Wildman–Crippen LogP) is 2.84. The van der Waals surface area contributed by atoms with Gasteiger partial charge in [-0.3, -0.25) is 9.69 Å². The van der Waals surface area contributed by atoms with E-state index in [0.717, 1.165) is 25.2 Å². The van der Waals surface area contributed by atoms with E-state index in [1.807, 2.05) is 44.2 Å². The van der Waals surface area contributed by atoms with Gasteiger partial charge < -0.3 is 10.6 Å². The summed E-state index contributed by atoms with van der Waals surface area (Å²) in [6.07, 6.45) is 0.972. The predicted molar refractivity (Wildman–Crippen MR) is 120 cm³/mol. The highest BCUT2D eigenvalue weighted by Gasteiger charge is 2.25. The summed E-state index contributed by atoms with van der Waals surface area (Å²) in [4.78, 5) is 14.8. The van der Waals surface area contributed by atoms with Crippen LogP contribution in [0.2, 0.25) is 0 Å². The number of para-hydroxylation sites is 1. The molecule has 2 N–H and O–H groups in total. The van der Waals surface area contributed by atoms with Crippen LogP contribution in [0.3, 0.4) is 0 Å². The number of sulfonamides is 1. The van der Waals surface area contributed by atoms with Crippen molar-refractivity contribution in [2.75, 3.05) is 43.4 Å². The molecule has 0 radical (unpaired) electrons. The Bertz CT molecular complexity index is 946. The van der Waals surface area contributed by atoms with Gasteiger partial charge in [0.1, 0.15) is 0 Å². The molecule has 8 heteroatoms. The van der Waals surface area contributed by atoms with Crippen LogP contribution < -0.4 is 10.6 Å². The van der Waals surface area contributed by atoms with Crippen LogP contribution in [-0.2, 0) is 14.8 Å². The first-order chi connectivity index (χ1) is 14.4. The summed E-state index contributed by atoms with van der Waals surface area (Å²) in [6, 6.07) is 16.8. The molecule has 162 valence electrons. The third kappa shape index (κ3) is 5.59. The zero-order valence-corrected chi connectivity index (χ0v) is 18.4. The van der Waals surface area contributed by atoms with E-state index in [0.29, 0.717) is 24.8 Å². The number of benzene rings is 2. The van der Waals surface area contributed by atoms with Gasteiger partial charge in [-0.2, -0.15) is 4.31 Å². The second-order valence-electron chi connectivity index (χ2n) is 7.40. The topological polar surface area (TPSA) is 81.8 Å². The lowest BCUT2D eigenvalue weighted by Crippen LogP contribution is -2.33. The van der Waals surface area contributed by atoms with Crippen molar-refractivity contribution in [1.82, 2.24) is 9.21 Å². The maximum Gasteiger partial charge on any atom is 0.243 e. The number of rotatable bonds is 9. The molecule has 1 unspecified atom stereocenters. The third-order valence-electron chi connectivity index (χ3n) is 5.25. The maximum absolute atomic E-state index is 12.7. The minimum Gasteiger partial charge on any atom is -0.381 e. The Morgan fingerprint density at radius 1 is 1.07 bits per heavy atom. The number of hydrogen-bond acceptors (Lipinski definition) is 5. The number of carbonyl (C=O) groups excluding carboxylic acids is 1. The summed E-state index contributed by atoms with van der Waals surface area (Å²) < 4.78 is 26.8. The second-order valence-corrected chi connectivity index (χ2v) is 9.33. The second kappa shape index (κ2) is 10.1. The van der Waals surface area contributed by atoms with Crippen molar-refractivity contribution in [2.24, 2.45) is 0 Å². The first kappa shape index (κ1) is 22.3. The fourth-order valence-corrected chi connectivity index (χ4v) is 5.22. The molecule has 2 aromatic rings. The number of hydrogen-bond donors (Lipinski definition) is 2. The van der Waals surface area contributed by atoms with Crippen molar-refractivity contribution >= 4 is 27.3 Å². The summed E-state index contributed by atoms with van der Waals surface area (Å²) >= 11 is 0. The lowest BCUT2D eigenvalue weighted by atomic mass is 10.2. The molecule has 1 saturated heterocycles. The number of nitrogens with zero attached hydrogens (tertiary/aromatic N) is 2. The van der Waals surface area contributed by atoms with E-state index in [1.165, 1.54) is 10.4 Å². The molecule has 1 atom stereocenters. The van der Waals surface area contributed by atoms with Gasteiger partial charge in [0.15, 0.2) is 0 Å². The summed E-state index contributed by atoms with van der Waals surface area (Å²) in [7, 11) is -3.56. The van der Waals surface area contributed by atoms with Crippen molar-refractivity contribution in [1.29, 1.82) is 0 Å². The van der Waals surface area contributed by atoms with Crippen molar-refractivity contribution < 1.29 is 13.2 Å². The van der Waals surface area contributed by atoms with Crippen LogP contribution in [0.1, 0.15) is 20.3 Å². The average molecular weight is 431 g/mol. The highest BCUT2D eigenvalue weighted by atomic mass is 32.2. The van der Waals surface area contributed by atoms with E-state index in [2.05, 4.69) is 15.5 Å².